The lowest BCUT2D eigenvalue weighted by Gasteiger charge is -2.26. The van der Waals surface area contributed by atoms with Crippen molar-refractivity contribution in [3.05, 3.63) is 47.8 Å². The molecule has 2 aromatic rings. The number of benzene rings is 1. The summed E-state index contributed by atoms with van der Waals surface area (Å²) >= 11 is 0. The highest BCUT2D eigenvalue weighted by atomic mass is 16.2. The van der Waals surface area contributed by atoms with Crippen LogP contribution in [-0.4, -0.2) is 51.8 Å². The number of aromatic nitrogens is 2. The first kappa shape index (κ1) is 21.4. The van der Waals surface area contributed by atoms with Gasteiger partial charge in [0.1, 0.15) is 0 Å². The van der Waals surface area contributed by atoms with Crippen molar-refractivity contribution in [2.45, 2.75) is 59.0 Å². The average Bonchev–Trinajstić information content (AvgIpc) is 2.97. The fraction of sp³-hybridized carbons (Fsp3) is 0.565. The van der Waals surface area contributed by atoms with E-state index in [4.69, 9.17) is 0 Å². The molecule has 1 N–H and O–H groups in total. The second-order valence-corrected chi connectivity index (χ2v) is 8.95. The summed E-state index contributed by atoms with van der Waals surface area (Å²) in [5.41, 5.74) is 3.31. The molecule has 1 aliphatic rings. The standard InChI is InChI=1S/C23H35N5O/c1-5-11-28-18-19(16-24-28)17-26-12-8-13-27(15-14-26)22(29)25-21-10-7-6-9-20(21)23(2,3)4/h6-7,9-10,16,18H,5,8,11-15,17H2,1-4H3,(H,25,29). The molecule has 158 valence electrons. The lowest BCUT2D eigenvalue weighted by Crippen LogP contribution is -2.38. The maximum atomic E-state index is 12.9. The van der Waals surface area contributed by atoms with Gasteiger partial charge in [0.2, 0.25) is 0 Å². The predicted molar refractivity (Wildman–Crippen MR) is 118 cm³/mol. The molecule has 1 aromatic carbocycles. The van der Waals surface area contributed by atoms with Crippen molar-refractivity contribution >= 4 is 11.7 Å². The molecular weight excluding hydrogens is 362 g/mol. The van der Waals surface area contributed by atoms with E-state index in [2.05, 4.69) is 55.3 Å². The van der Waals surface area contributed by atoms with Crippen LogP contribution in [-0.2, 0) is 18.5 Å². The molecule has 6 nitrogen and oxygen atoms in total. The van der Waals surface area contributed by atoms with Gasteiger partial charge in [0.05, 0.1) is 6.20 Å². The lowest BCUT2D eigenvalue weighted by molar-refractivity contribution is 0.211. The Morgan fingerprint density at radius 1 is 1.14 bits per heavy atom. The largest absolute Gasteiger partial charge is 0.323 e. The first-order chi connectivity index (χ1) is 13.9. The Morgan fingerprint density at radius 2 is 1.93 bits per heavy atom. The monoisotopic (exact) mass is 397 g/mol. The molecule has 1 fully saturated rings. The second-order valence-electron chi connectivity index (χ2n) is 8.95. The fourth-order valence-electron chi connectivity index (χ4n) is 3.87. The van der Waals surface area contributed by atoms with E-state index < -0.39 is 0 Å². The minimum atomic E-state index is -0.0122. The summed E-state index contributed by atoms with van der Waals surface area (Å²) in [6, 6.07) is 8.10. The van der Waals surface area contributed by atoms with E-state index in [0.717, 1.165) is 63.4 Å². The number of hydrogen-bond acceptors (Lipinski definition) is 3. The number of carbonyl (C=O) groups excluding carboxylic acids is 1. The van der Waals surface area contributed by atoms with Crippen LogP contribution in [0.15, 0.2) is 36.7 Å². The summed E-state index contributed by atoms with van der Waals surface area (Å²) < 4.78 is 2.01. The van der Waals surface area contributed by atoms with Crippen molar-refractivity contribution < 1.29 is 4.79 Å². The Hall–Kier alpha value is -2.34. The molecular formula is C23H35N5O. The number of nitrogens with zero attached hydrogens (tertiary/aromatic N) is 4. The van der Waals surface area contributed by atoms with Crippen LogP contribution in [0.1, 0.15) is 51.7 Å². The van der Waals surface area contributed by atoms with Gasteiger partial charge in [-0.25, -0.2) is 4.79 Å². The van der Waals surface area contributed by atoms with Crippen molar-refractivity contribution in [1.82, 2.24) is 19.6 Å². The third-order valence-electron chi connectivity index (χ3n) is 5.40. The third-order valence-corrected chi connectivity index (χ3v) is 5.40. The predicted octanol–water partition coefficient (Wildman–Crippen LogP) is 4.33. The molecule has 2 amide bonds. The van der Waals surface area contributed by atoms with E-state index in [0.29, 0.717) is 0 Å². The zero-order valence-corrected chi connectivity index (χ0v) is 18.3. The van der Waals surface area contributed by atoms with Crippen LogP contribution >= 0.6 is 0 Å². The number of amides is 2. The van der Waals surface area contributed by atoms with Crippen molar-refractivity contribution in [2.75, 3.05) is 31.5 Å². The number of aryl methyl sites for hydroxylation is 1. The smallest absolute Gasteiger partial charge is 0.321 e. The quantitative estimate of drug-likeness (QED) is 0.817. The highest BCUT2D eigenvalue weighted by Crippen LogP contribution is 2.29. The first-order valence-electron chi connectivity index (χ1n) is 10.8. The summed E-state index contributed by atoms with van der Waals surface area (Å²) in [4.78, 5) is 17.3. The molecule has 1 saturated heterocycles. The Morgan fingerprint density at radius 3 is 2.69 bits per heavy atom. The average molecular weight is 398 g/mol. The van der Waals surface area contributed by atoms with E-state index >= 15 is 0 Å². The van der Waals surface area contributed by atoms with Gasteiger partial charge >= 0.3 is 6.03 Å². The van der Waals surface area contributed by atoms with E-state index in [-0.39, 0.29) is 11.4 Å². The van der Waals surface area contributed by atoms with Crippen LogP contribution < -0.4 is 5.32 Å². The third kappa shape index (κ3) is 5.82. The summed E-state index contributed by atoms with van der Waals surface area (Å²) in [5, 5.41) is 7.58. The lowest BCUT2D eigenvalue weighted by atomic mass is 9.86. The van der Waals surface area contributed by atoms with Crippen LogP contribution in [0, 0.1) is 0 Å². The Balaban J connectivity index is 1.57. The Labute approximate surface area is 174 Å². The van der Waals surface area contributed by atoms with Crippen LogP contribution in [0.25, 0.3) is 0 Å². The number of para-hydroxylation sites is 1. The number of nitrogens with one attached hydrogen (secondary N) is 1. The van der Waals surface area contributed by atoms with Crippen molar-refractivity contribution in [1.29, 1.82) is 0 Å². The summed E-state index contributed by atoms with van der Waals surface area (Å²) in [5.74, 6) is 0. The van der Waals surface area contributed by atoms with E-state index in [1.165, 1.54) is 5.56 Å². The zero-order chi connectivity index (χ0) is 20.9. The van der Waals surface area contributed by atoms with E-state index in [9.17, 15) is 4.79 Å². The van der Waals surface area contributed by atoms with Gasteiger partial charge in [-0.3, -0.25) is 9.58 Å². The molecule has 0 aliphatic carbocycles. The SMILES string of the molecule is CCCn1cc(CN2CCCN(C(=O)Nc3ccccc3C(C)(C)C)CC2)cn1. The molecule has 6 heteroatoms. The molecule has 1 aliphatic heterocycles. The molecule has 3 rings (SSSR count). The minimum Gasteiger partial charge on any atom is -0.323 e. The second kappa shape index (κ2) is 9.44. The number of urea groups is 1. The number of rotatable bonds is 5. The Kier molecular flexibility index (Phi) is 6.96. The van der Waals surface area contributed by atoms with Crippen LogP contribution in [0.4, 0.5) is 10.5 Å². The molecule has 0 saturated carbocycles. The highest BCUT2D eigenvalue weighted by molar-refractivity contribution is 5.90. The Bertz CT molecular complexity index is 808. The van der Waals surface area contributed by atoms with E-state index in [1.807, 2.05) is 34.0 Å². The molecule has 2 heterocycles. The highest BCUT2D eigenvalue weighted by Gasteiger charge is 2.22. The maximum absolute atomic E-state index is 12.9. The number of carbonyl (C=O) groups is 1. The van der Waals surface area contributed by atoms with Crippen LogP contribution in [0.5, 0.6) is 0 Å². The van der Waals surface area contributed by atoms with Crippen molar-refractivity contribution in [2.24, 2.45) is 0 Å². The summed E-state index contributed by atoms with van der Waals surface area (Å²) in [6.45, 7) is 13.9. The summed E-state index contributed by atoms with van der Waals surface area (Å²) in [7, 11) is 0. The normalized spacial score (nSPS) is 15.9. The van der Waals surface area contributed by atoms with Gasteiger partial charge in [-0.2, -0.15) is 5.10 Å². The van der Waals surface area contributed by atoms with Crippen molar-refractivity contribution in [3.8, 4) is 0 Å². The topological polar surface area (TPSA) is 53.4 Å². The van der Waals surface area contributed by atoms with Gasteiger partial charge in [-0.1, -0.05) is 45.9 Å². The fourth-order valence-corrected chi connectivity index (χ4v) is 3.87. The van der Waals surface area contributed by atoms with Gasteiger partial charge in [-0.05, 0) is 29.9 Å². The molecule has 0 spiro atoms. The molecule has 0 radical (unpaired) electrons. The molecule has 0 unspecified atom stereocenters. The van der Waals surface area contributed by atoms with Gasteiger partial charge < -0.3 is 10.2 Å². The van der Waals surface area contributed by atoms with E-state index in [1.54, 1.807) is 0 Å². The van der Waals surface area contributed by atoms with Gasteiger partial charge in [0.25, 0.3) is 0 Å². The molecule has 29 heavy (non-hydrogen) atoms. The van der Waals surface area contributed by atoms with Crippen LogP contribution in [0.2, 0.25) is 0 Å². The van der Waals surface area contributed by atoms with Crippen LogP contribution in [0.3, 0.4) is 0 Å². The zero-order valence-electron chi connectivity index (χ0n) is 18.3. The number of hydrogen-bond donors (Lipinski definition) is 1. The molecule has 0 bridgehead atoms. The molecule has 1 aromatic heterocycles. The first-order valence-corrected chi connectivity index (χ1v) is 10.8. The molecule has 0 atom stereocenters. The summed E-state index contributed by atoms with van der Waals surface area (Å²) in [6.07, 6.45) is 6.18. The van der Waals surface area contributed by atoms with Crippen molar-refractivity contribution in [3.63, 3.8) is 0 Å². The minimum absolute atomic E-state index is 0.000634. The maximum Gasteiger partial charge on any atom is 0.321 e. The number of anilines is 1. The van der Waals surface area contributed by atoms with Gasteiger partial charge in [0, 0.05) is 56.7 Å². The van der Waals surface area contributed by atoms with Gasteiger partial charge in [-0.15, -0.1) is 0 Å². The van der Waals surface area contributed by atoms with Gasteiger partial charge in [0.15, 0.2) is 0 Å².